The van der Waals surface area contributed by atoms with Gasteiger partial charge in [0.2, 0.25) is 0 Å². The molecule has 0 aliphatic carbocycles. The van der Waals surface area contributed by atoms with Gasteiger partial charge in [0.1, 0.15) is 11.6 Å². The van der Waals surface area contributed by atoms with Crippen molar-refractivity contribution in [3.8, 4) is 0 Å². The first-order valence-electron chi connectivity index (χ1n) is 6.26. The van der Waals surface area contributed by atoms with E-state index in [9.17, 15) is 17.2 Å². The highest BCUT2D eigenvalue weighted by Crippen LogP contribution is 2.21. The molecule has 0 unspecified atom stereocenters. The number of rotatable bonds is 4. The summed E-state index contributed by atoms with van der Waals surface area (Å²) < 4.78 is 49.8. The average Bonchev–Trinajstić information content (AvgIpc) is 2.40. The summed E-state index contributed by atoms with van der Waals surface area (Å²) in [4.78, 5) is 0.0300. The van der Waals surface area contributed by atoms with Gasteiger partial charge in [-0.15, -0.1) is 0 Å². The van der Waals surface area contributed by atoms with Gasteiger partial charge in [0.15, 0.2) is 9.84 Å². The first-order chi connectivity index (χ1) is 9.77. The fourth-order valence-electron chi connectivity index (χ4n) is 1.89. The summed E-state index contributed by atoms with van der Waals surface area (Å²) in [5.41, 5.74) is 1.62. The number of aryl methyl sites for hydroxylation is 1. The zero-order valence-electron chi connectivity index (χ0n) is 11.7. The lowest BCUT2D eigenvalue weighted by molar-refractivity contribution is 0.600. The Kier molecular flexibility index (Phi) is 4.27. The predicted octanol–water partition coefficient (Wildman–Crippen LogP) is 3.29. The molecule has 0 saturated heterocycles. The highest BCUT2D eigenvalue weighted by Gasteiger charge is 2.11. The number of nitrogens with one attached hydrogen (secondary N) is 1. The van der Waals surface area contributed by atoms with Crippen LogP contribution in [0, 0.1) is 18.6 Å². The lowest BCUT2D eigenvalue weighted by Gasteiger charge is -2.11. The molecule has 6 heteroatoms. The van der Waals surface area contributed by atoms with Crippen LogP contribution in [0.2, 0.25) is 0 Å². The highest BCUT2D eigenvalue weighted by molar-refractivity contribution is 7.90. The van der Waals surface area contributed by atoms with E-state index >= 15 is 0 Å². The van der Waals surface area contributed by atoms with Crippen LogP contribution in [-0.4, -0.2) is 14.7 Å². The Morgan fingerprint density at radius 2 is 1.81 bits per heavy atom. The molecule has 2 rings (SSSR count). The second kappa shape index (κ2) is 5.81. The van der Waals surface area contributed by atoms with Gasteiger partial charge in [-0.2, -0.15) is 0 Å². The number of anilines is 1. The second-order valence-corrected chi connectivity index (χ2v) is 6.85. The summed E-state index contributed by atoms with van der Waals surface area (Å²) in [6, 6.07) is 7.89. The molecule has 0 atom stereocenters. The van der Waals surface area contributed by atoms with E-state index in [1.54, 1.807) is 6.07 Å². The standard InChI is InChI=1S/C15H15F2NO2S/c1-10-3-4-12(16)7-11(10)9-18-15-8-13(21(2,19)20)5-6-14(15)17/h3-8,18H,9H2,1-2H3. The first kappa shape index (κ1) is 15.4. The highest BCUT2D eigenvalue weighted by atomic mass is 32.2. The van der Waals surface area contributed by atoms with Gasteiger partial charge in [-0.3, -0.25) is 0 Å². The molecule has 0 aliphatic heterocycles. The maximum atomic E-state index is 13.7. The van der Waals surface area contributed by atoms with Gasteiger partial charge >= 0.3 is 0 Å². The van der Waals surface area contributed by atoms with Crippen molar-refractivity contribution in [2.24, 2.45) is 0 Å². The van der Waals surface area contributed by atoms with Crippen molar-refractivity contribution >= 4 is 15.5 Å². The smallest absolute Gasteiger partial charge is 0.175 e. The predicted molar refractivity (Wildman–Crippen MR) is 78.0 cm³/mol. The zero-order valence-corrected chi connectivity index (χ0v) is 12.5. The molecule has 0 spiro atoms. The van der Waals surface area contributed by atoms with Crippen LogP contribution in [0.4, 0.5) is 14.5 Å². The van der Waals surface area contributed by atoms with Crippen LogP contribution in [-0.2, 0) is 16.4 Å². The molecule has 0 saturated carbocycles. The molecule has 2 aromatic carbocycles. The molecule has 3 nitrogen and oxygen atoms in total. The fourth-order valence-corrected chi connectivity index (χ4v) is 2.54. The van der Waals surface area contributed by atoms with E-state index in [4.69, 9.17) is 0 Å². The number of hydrogen-bond acceptors (Lipinski definition) is 3. The van der Waals surface area contributed by atoms with Crippen molar-refractivity contribution in [2.75, 3.05) is 11.6 Å². The Bertz CT molecular complexity index is 773. The summed E-state index contributed by atoms with van der Waals surface area (Å²) in [6.45, 7) is 2.02. The molecule has 0 aliphatic rings. The SMILES string of the molecule is Cc1ccc(F)cc1CNc1cc(S(C)(=O)=O)ccc1F. The fraction of sp³-hybridized carbons (Fsp3) is 0.200. The van der Waals surface area contributed by atoms with Gasteiger partial charge < -0.3 is 5.32 Å². The van der Waals surface area contributed by atoms with Crippen LogP contribution in [0.5, 0.6) is 0 Å². The third kappa shape index (κ3) is 3.78. The van der Waals surface area contributed by atoms with Crippen LogP contribution >= 0.6 is 0 Å². The molecular weight excluding hydrogens is 296 g/mol. The van der Waals surface area contributed by atoms with Gasteiger partial charge in [0, 0.05) is 12.8 Å². The van der Waals surface area contributed by atoms with E-state index in [1.807, 2.05) is 6.92 Å². The van der Waals surface area contributed by atoms with Crippen LogP contribution in [0.3, 0.4) is 0 Å². The van der Waals surface area contributed by atoms with Crippen molar-refractivity contribution in [2.45, 2.75) is 18.4 Å². The molecule has 0 amide bonds. The van der Waals surface area contributed by atoms with Crippen molar-refractivity contribution in [1.29, 1.82) is 0 Å². The van der Waals surface area contributed by atoms with Crippen LogP contribution < -0.4 is 5.32 Å². The average molecular weight is 311 g/mol. The van der Waals surface area contributed by atoms with E-state index in [2.05, 4.69) is 5.32 Å². The summed E-state index contributed by atoms with van der Waals surface area (Å²) in [6.07, 6.45) is 1.06. The normalized spacial score (nSPS) is 11.4. The zero-order chi connectivity index (χ0) is 15.6. The van der Waals surface area contributed by atoms with E-state index in [1.165, 1.54) is 24.3 Å². The lowest BCUT2D eigenvalue weighted by Crippen LogP contribution is -2.05. The third-order valence-corrected chi connectivity index (χ3v) is 4.26. The minimum absolute atomic E-state index is 0.0300. The van der Waals surface area contributed by atoms with E-state index in [0.29, 0.717) is 5.56 Å². The molecule has 0 heterocycles. The van der Waals surface area contributed by atoms with Crippen LogP contribution in [0.15, 0.2) is 41.3 Å². The van der Waals surface area contributed by atoms with Crippen LogP contribution in [0.1, 0.15) is 11.1 Å². The minimum atomic E-state index is -3.41. The Balaban J connectivity index is 2.26. The van der Waals surface area contributed by atoms with E-state index < -0.39 is 15.7 Å². The molecule has 2 aromatic rings. The molecule has 21 heavy (non-hydrogen) atoms. The van der Waals surface area contributed by atoms with Crippen molar-refractivity contribution in [3.05, 3.63) is 59.2 Å². The molecule has 0 bridgehead atoms. The maximum Gasteiger partial charge on any atom is 0.175 e. The molecule has 0 fully saturated rings. The monoisotopic (exact) mass is 311 g/mol. The van der Waals surface area contributed by atoms with Crippen molar-refractivity contribution in [1.82, 2.24) is 0 Å². The summed E-state index contributed by atoms with van der Waals surface area (Å²) >= 11 is 0. The molecule has 1 N–H and O–H groups in total. The summed E-state index contributed by atoms with van der Waals surface area (Å²) in [5.74, 6) is -0.931. The van der Waals surface area contributed by atoms with Gasteiger partial charge in [0.25, 0.3) is 0 Å². The number of halogens is 2. The molecule has 0 aromatic heterocycles. The Morgan fingerprint density at radius 1 is 1.10 bits per heavy atom. The number of benzene rings is 2. The van der Waals surface area contributed by atoms with Gasteiger partial charge in [0.05, 0.1) is 10.6 Å². The molecular formula is C15H15F2NO2S. The minimum Gasteiger partial charge on any atom is -0.379 e. The van der Waals surface area contributed by atoms with E-state index in [0.717, 1.165) is 17.9 Å². The lowest BCUT2D eigenvalue weighted by atomic mass is 10.1. The topological polar surface area (TPSA) is 46.2 Å². The van der Waals surface area contributed by atoms with Crippen molar-refractivity contribution in [3.63, 3.8) is 0 Å². The summed E-state index contributed by atoms with van der Waals surface area (Å²) in [5, 5.41) is 2.80. The molecule has 0 radical (unpaired) electrons. The van der Waals surface area contributed by atoms with Gasteiger partial charge in [-0.25, -0.2) is 17.2 Å². The maximum absolute atomic E-state index is 13.7. The largest absolute Gasteiger partial charge is 0.379 e. The quantitative estimate of drug-likeness (QED) is 0.881. The van der Waals surface area contributed by atoms with Crippen molar-refractivity contribution < 1.29 is 17.2 Å². The number of hydrogen-bond donors (Lipinski definition) is 1. The number of sulfone groups is 1. The summed E-state index contributed by atoms with van der Waals surface area (Å²) in [7, 11) is -3.41. The van der Waals surface area contributed by atoms with Gasteiger partial charge in [-0.05, 0) is 48.4 Å². The Labute approximate surface area is 122 Å². The molecule has 112 valence electrons. The van der Waals surface area contributed by atoms with Gasteiger partial charge in [-0.1, -0.05) is 6.07 Å². The Morgan fingerprint density at radius 3 is 2.48 bits per heavy atom. The first-order valence-corrected chi connectivity index (χ1v) is 8.15. The van der Waals surface area contributed by atoms with Crippen LogP contribution in [0.25, 0.3) is 0 Å². The Hall–Kier alpha value is -1.95. The van der Waals surface area contributed by atoms with E-state index in [-0.39, 0.29) is 22.9 Å². The second-order valence-electron chi connectivity index (χ2n) is 4.84. The third-order valence-electron chi connectivity index (χ3n) is 3.15.